The van der Waals surface area contributed by atoms with Crippen molar-refractivity contribution in [2.24, 2.45) is 5.84 Å². The number of furan rings is 1. The first-order valence-corrected chi connectivity index (χ1v) is 6.27. The van der Waals surface area contributed by atoms with Gasteiger partial charge in [0.05, 0.1) is 11.3 Å². The number of thiazole rings is 1. The maximum absolute atomic E-state index is 11.1. The Morgan fingerprint density at radius 2 is 2.56 bits per heavy atom. The van der Waals surface area contributed by atoms with Crippen molar-refractivity contribution >= 4 is 29.0 Å². The lowest BCUT2D eigenvalue weighted by Crippen LogP contribution is -2.29. The molecule has 5 nitrogen and oxygen atoms in total. The summed E-state index contributed by atoms with van der Waals surface area (Å²) in [7, 11) is 0. The van der Waals surface area contributed by atoms with Crippen LogP contribution < -0.4 is 11.3 Å². The number of carbonyl (C=O) groups excluding carboxylic acids is 1. The van der Waals surface area contributed by atoms with Crippen molar-refractivity contribution in [1.82, 2.24) is 10.4 Å². The Morgan fingerprint density at radius 1 is 1.69 bits per heavy atom. The van der Waals surface area contributed by atoms with E-state index in [1.807, 2.05) is 10.8 Å². The summed E-state index contributed by atoms with van der Waals surface area (Å²) in [6.45, 7) is 0. The number of rotatable bonds is 4. The first-order chi connectivity index (χ1) is 7.79. The molecular formula is C9H9N3O2S2. The molecule has 0 aliphatic heterocycles. The van der Waals surface area contributed by atoms with Crippen LogP contribution in [0, 0.1) is 0 Å². The Bertz CT molecular complexity index is 467. The number of hydrogen-bond donors (Lipinski definition) is 2. The normalized spacial score (nSPS) is 10.3. The molecule has 0 spiro atoms. The van der Waals surface area contributed by atoms with Crippen LogP contribution >= 0.6 is 23.1 Å². The molecule has 0 atom stereocenters. The molecule has 0 bridgehead atoms. The predicted molar refractivity (Wildman–Crippen MR) is 62.0 cm³/mol. The van der Waals surface area contributed by atoms with Crippen LogP contribution in [-0.2, 0) is 5.75 Å². The summed E-state index contributed by atoms with van der Waals surface area (Å²) in [6.07, 6.45) is 3.14. The van der Waals surface area contributed by atoms with Crippen LogP contribution in [0.15, 0.2) is 32.7 Å². The summed E-state index contributed by atoms with van der Waals surface area (Å²) >= 11 is 3.13. The molecule has 0 unspecified atom stereocenters. The van der Waals surface area contributed by atoms with Gasteiger partial charge < -0.3 is 4.42 Å². The molecule has 0 saturated heterocycles. The zero-order valence-electron chi connectivity index (χ0n) is 8.17. The highest BCUT2D eigenvalue weighted by Gasteiger charge is 2.09. The summed E-state index contributed by atoms with van der Waals surface area (Å²) in [6, 6.07) is 1.67. The van der Waals surface area contributed by atoms with Crippen LogP contribution in [0.3, 0.4) is 0 Å². The lowest BCUT2D eigenvalue weighted by atomic mass is 10.3. The quantitative estimate of drug-likeness (QED) is 0.375. The van der Waals surface area contributed by atoms with Crippen molar-refractivity contribution in [1.29, 1.82) is 0 Å². The van der Waals surface area contributed by atoms with Crippen molar-refractivity contribution in [3.63, 3.8) is 0 Å². The minimum Gasteiger partial charge on any atom is -0.468 e. The molecular weight excluding hydrogens is 246 g/mol. The van der Waals surface area contributed by atoms with Gasteiger partial charge in [0.25, 0.3) is 5.91 Å². The molecule has 2 aromatic heterocycles. The van der Waals surface area contributed by atoms with Crippen molar-refractivity contribution in [2.75, 3.05) is 0 Å². The van der Waals surface area contributed by atoms with Gasteiger partial charge in [0.1, 0.15) is 16.4 Å². The van der Waals surface area contributed by atoms with Crippen LogP contribution in [0.4, 0.5) is 0 Å². The maximum atomic E-state index is 11.1. The second kappa shape index (κ2) is 5.15. The Kier molecular flexibility index (Phi) is 3.60. The fourth-order valence-corrected chi connectivity index (χ4v) is 2.60. The molecule has 2 aromatic rings. The van der Waals surface area contributed by atoms with Crippen LogP contribution in [0.2, 0.25) is 0 Å². The molecule has 0 radical (unpaired) electrons. The largest absolute Gasteiger partial charge is 0.468 e. The van der Waals surface area contributed by atoms with Crippen LogP contribution in [-0.4, -0.2) is 10.9 Å². The van der Waals surface area contributed by atoms with E-state index in [-0.39, 0.29) is 5.91 Å². The number of hydrogen-bond acceptors (Lipinski definition) is 6. The summed E-state index contributed by atoms with van der Waals surface area (Å²) in [5, 5.41) is 1.91. The third-order valence-corrected chi connectivity index (χ3v) is 3.78. The molecule has 16 heavy (non-hydrogen) atoms. The number of aromatic nitrogens is 1. The summed E-state index contributed by atoms with van der Waals surface area (Å²) in [5.74, 6) is 6.02. The van der Waals surface area contributed by atoms with Gasteiger partial charge in [-0.2, -0.15) is 0 Å². The van der Waals surface area contributed by atoms with Crippen LogP contribution in [0.1, 0.15) is 16.1 Å². The number of nitrogen functional groups attached to an aromatic ring is 1. The van der Waals surface area contributed by atoms with E-state index in [9.17, 15) is 4.79 Å². The first-order valence-electron chi connectivity index (χ1n) is 4.40. The van der Waals surface area contributed by atoms with E-state index in [4.69, 9.17) is 10.3 Å². The first kappa shape index (κ1) is 11.2. The fourth-order valence-electron chi connectivity index (χ4n) is 1.07. The van der Waals surface area contributed by atoms with Crippen molar-refractivity contribution in [2.45, 2.75) is 10.1 Å². The Hall–Kier alpha value is -1.31. The molecule has 0 fully saturated rings. The van der Waals surface area contributed by atoms with Gasteiger partial charge in [-0.1, -0.05) is 11.8 Å². The fraction of sp³-hybridized carbons (Fsp3) is 0.111. The second-order valence-corrected chi connectivity index (χ2v) is 4.98. The number of hydrazine groups is 1. The summed E-state index contributed by atoms with van der Waals surface area (Å²) < 4.78 is 6.20. The van der Waals surface area contributed by atoms with Crippen molar-refractivity contribution in [3.05, 3.63) is 35.2 Å². The molecule has 2 rings (SSSR count). The van der Waals surface area contributed by atoms with Gasteiger partial charge in [0, 0.05) is 11.6 Å². The Morgan fingerprint density at radius 3 is 3.25 bits per heavy atom. The second-order valence-electron chi connectivity index (χ2n) is 2.86. The maximum Gasteiger partial charge on any atom is 0.268 e. The highest BCUT2D eigenvalue weighted by Crippen LogP contribution is 2.25. The number of carbonyl (C=O) groups is 1. The molecule has 1 amide bonds. The molecule has 0 aromatic carbocycles. The number of amides is 1. The Labute approximate surface area is 100 Å². The van der Waals surface area contributed by atoms with Crippen LogP contribution in [0.5, 0.6) is 0 Å². The zero-order chi connectivity index (χ0) is 11.4. The Balaban J connectivity index is 1.95. The molecule has 7 heteroatoms. The number of nitrogens with two attached hydrogens (primary N) is 1. The van der Waals surface area contributed by atoms with Gasteiger partial charge in [-0.25, -0.2) is 10.8 Å². The number of nitrogens with one attached hydrogen (secondary N) is 1. The van der Waals surface area contributed by atoms with E-state index >= 15 is 0 Å². The molecule has 0 saturated carbocycles. The SMILES string of the molecule is NNC(=O)c1coc(CSc2nccs2)c1. The van der Waals surface area contributed by atoms with Gasteiger partial charge in [-0.3, -0.25) is 10.2 Å². The van der Waals surface area contributed by atoms with Gasteiger partial charge >= 0.3 is 0 Å². The minimum atomic E-state index is -0.353. The van der Waals surface area contributed by atoms with Crippen LogP contribution in [0.25, 0.3) is 0 Å². The highest BCUT2D eigenvalue weighted by atomic mass is 32.2. The molecule has 0 aliphatic rings. The van der Waals surface area contributed by atoms with Crippen molar-refractivity contribution in [3.8, 4) is 0 Å². The molecule has 0 aliphatic carbocycles. The summed E-state index contributed by atoms with van der Waals surface area (Å²) in [4.78, 5) is 15.3. The van der Waals surface area contributed by atoms with E-state index in [1.165, 1.54) is 6.26 Å². The molecule has 3 N–H and O–H groups in total. The predicted octanol–water partition coefficient (Wildman–Crippen LogP) is 1.63. The van der Waals surface area contributed by atoms with E-state index in [0.717, 1.165) is 10.1 Å². The highest BCUT2D eigenvalue weighted by molar-refractivity contribution is 8.00. The van der Waals surface area contributed by atoms with E-state index in [2.05, 4.69) is 4.98 Å². The minimum absolute atomic E-state index is 0.353. The van der Waals surface area contributed by atoms with E-state index < -0.39 is 0 Å². The monoisotopic (exact) mass is 255 g/mol. The van der Waals surface area contributed by atoms with E-state index in [1.54, 1.807) is 35.4 Å². The van der Waals surface area contributed by atoms with Gasteiger partial charge in [0.15, 0.2) is 0 Å². The molecule has 84 valence electrons. The number of nitrogens with zero attached hydrogens (tertiary/aromatic N) is 1. The van der Waals surface area contributed by atoms with Crippen molar-refractivity contribution < 1.29 is 9.21 Å². The smallest absolute Gasteiger partial charge is 0.268 e. The topological polar surface area (TPSA) is 81.1 Å². The van der Waals surface area contributed by atoms with E-state index in [0.29, 0.717) is 11.3 Å². The lowest BCUT2D eigenvalue weighted by molar-refractivity contribution is 0.0953. The average Bonchev–Trinajstić information content (AvgIpc) is 2.96. The third-order valence-electron chi connectivity index (χ3n) is 1.79. The number of thioether (sulfide) groups is 1. The zero-order valence-corrected chi connectivity index (χ0v) is 9.81. The van der Waals surface area contributed by atoms with Gasteiger partial charge in [-0.15, -0.1) is 11.3 Å². The standard InChI is InChI=1S/C9H9N3O2S2/c10-12-8(13)6-3-7(14-4-6)5-16-9-11-1-2-15-9/h1-4H,5,10H2,(H,12,13). The van der Waals surface area contributed by atoms with Gasteiger partial charge in [-0.05, 0) is 6.07 Å². The summed E-state index contributed by atoms with van der Waals surface area (Å²) in [5.41, 5.74) is 2.48. The van der Waals surface area contributed by atoms with Gasteiger partial charge in [0.2, 0.25) is 0 Å². The lowest BCUT2D eigenvalue weighted by Gasteiger charge is -1.92. The molecule has 2 heterocycles. The third kappa shape index (κ3) is 2.63. The average molecular weight is 255 g/mol.